The summed E-state index contributed by atoms with van der Waals surface area (Å²) >= 11 is 0. The number of carbonyl (C=O) groups is 2. The largest absolute Gasteiger partial charge is 0.479 e. The maximum absolute atomic E-state index is 11.7. The van der Waals surface area contributed by atoms with E-state index in [2.05, 4.69) is 6.92 Å². The minimum absolute atomic E-state index is 0.180. The topological polar surface area (TPSA) is 72.8 Å². The van der Waals surface area contributed by atoms with Crippen LogP contribution in [0, 0.1) is 0 Å². The highest BCUT2D eigenvalue weighted by molar-refractivity contribution is 5.72. The summed E-state index contributed by atoms with van der Waals surface area (Å²) in [6.07, 6.45) is 14.6. The lowest BCUT2D eigenvalue weighted by molar-refractivity contribution is -0.159. The van der Waals surface area contributed by atoms with Gasteiger partial charge in [-0.1, -0.05) is 108 Å². The van der Waals surface area contributed by atoms with Crippen LogP contribution in [0.25, 0.3) is 0 Å². The summed E-state index contributed by atoms with van der Waals surface area (Å²) in [5.41, 5.74) is 0.920. The molecule has 2 atom stereocenters. The van der Waals surface area contributed by atoms with Gasteiger partial charge in [0, 0.05) is 13.3 Å². The minimum atomic E-state index is -1.02. The van der Waals surface area contributed by atoms with Crippen molar-refractivity contribution < 1.29 is 24.2 Å². The first kappa shape index (κ1) is 28.2. The second-order valence-electron chi connectivity index (χ2n) is 8.77. The predicted molar refractivity (Wildman–Crippen MR) is 129 cm³/mol. The molecule has 1 aromatic carbocycles. The summed E-state index contributed by atoms with van der Waals surface area (Å²) in [4.78, 5) is 23.1. The Morgan fingerprint density at radius 3 is 1.88 bits per heavy atom. The molecule has 5 heteroatoms. The molecule has 0 heterocycles. The first-order valence-electron chi connectivity index (χ1n) is 12.6. The third-order valence-electron chi connectivity index (χ3n) is 5.76. The van der Waals surface area contributed by atoms with Crippen molar-refractivity contribution in [2.75, 3.05) is 0 Å². The molecule has 0 saturated heterocycles. The molecule has 5 nitrogen and oxygen atoms in total. The molecule has 0 fully saturated rings. The second-order valence-corrected chi connectivity index (χ2v) is 8.77. The Bertz CT molecular complexity index is 601. The summed E-state index contributed by atoms with van der Waals surface area (Å²) in [6.45, 7) is 3.85. The highest BCUT2D eigenvalue weighted by Crippen LogP contribution is 2.18. The molecule has 0 radical (unpaired) electrons. The molecule has 0 aliphatic carbocycles. The fourth-order valence-corrected chi connectivity index (χ4v) is 3.92. The molecular formula is C27H44O5. The third-order valence-corrected chi connectivity index (χ3v) is 5.76. The lowest BCUT2D eigenvalue weighted by Gasteiger charge is -2.21. The van der Waals surface area contributed by atoms with E-state index in [1.54, 1.807) is 0 Å². The summed E-state index contributed by atoms with van der Waals surface area (Å²) in [7, 11) is 0. The van der Waals surface area contributed by atoms with Gasteiger partial charge in [-0.25, -0.2) is 4.79 Å². The second kappa shape index (κ2) is 18.7. The lowest BCUT2D eigenvalue weighted by atomic mass is 10.0. The molecule has 0 amide bonds. The predicted octanol–water partition coefficient (Wildman–Crippen LogP) is 7.07. The van der Waals surface area contributed by atoms with Crippen molar-refractivity contribution in [3.8, 4) is 0 Å². The third kappa shape index (κ3) is 15.0. The van der Waals surface area contributed by atoms with Crippen molar-refractivity contribution in [3.05, 3.63) is 35.9 Å². The number of carboxylic acids is 1. The first-order valence-corrected chi connectivity index (χ1v) is 12.6. The average molecular weight is 449 g/mol. The van der Waals surface area contributed by atoms with Crippen molar-refractivity contribution >= 4 is 11.9 Å². The van der Waals surface area contributed by atoms with Crippen LogP contribution in [0.15, 0.2) is 30.3 Å². The van der Waals surface area contributed by atoms with E-state index in [1.165, 1.54) is 71.1 Å². The summed E-state index contributed by atoms with van der Waals surface area (Å²) in [5, 5.41) is 9.54. The van der Waals surface area contributed by atoms with Crippen LogP contribution in [-0.2, 0) is 25.7 Å². The summed E-state index contributed by atoms with van der Waals surface area (Å²) in [5.74, 6) is -1.39. The van der Waals surface area contributed by atoms with Crippen molar-refractivity contribution in [1.29, 1.82) is 0 Å². The van der Waals surface area contributed by atoms with Crippen LogP contribution >= 0.6 is 0 Å². The number of ether oxygens (including phenoxy) is 2. The molecule has 0 aromatic heterocycles. The zero-order valence-corrected chi connectivity index (χ0v) is 20.2. The van der Waals surface area contributed by atoms with Gasteiger partial charge in [0.1, 0.15) is 6.10 Å². The van der Waals surface area contributed by atoms with Crippen LogP contribution in [0.2, 0.25) is 0 Å². The van der Waals surface area contributed by atoms with Gasteiger partial charge in [-0.2, -0.15) is 0 Å². The van der Waals surface area contributed by atoms with E-state index in [4.69, 9.17) is 9.47 Å². The Morgan fingerprint density at radius 2 is 1.38 bits per heavy atom. The van der Waals surface area contributed by atoms with Crippen molar-refractivity contribution in [1.82, 2.24) is 0 Å². The van der Waals surface area contributed by atoms with Gasteiger partial charge in [0.2, 0.25) is 0 Å². The quantitative estimate of drug-likeness (QED) is 0.171. The van der Waals surface area contributed by atoms with E-state index in [0.29, 0.717) is 6.42 Å². The van der Waals surface area contributed by atoms with E-state index in [-0.39, 0.29) is 19.0 Å². The highest BCUT2D eigenvalue weighted by Gasteiger charge is 2.25. The minimum Gasteiger partial charge on any atom is -0.479 e. The molecule has 1 aromatic rings. The molecule has 0 aliphatic rings. The average Bonchev–Trinajstić information content (AvgIpc) is 2.77. The molecule has 1 rings (SSSR count). The van der Waals surface area contributed by atoms with Crippen LogP contribution in [0.5, 0.6) is 0 Å². The fraction of sp³-hybridized carbons (Fsp3) is 0.704. The van der Waals surface area contributed by atoms with Gasteiger partial charge in [0.15, 0.2) is 6.10 Å². The number of rotatable bonds is 20. The van der Waals surface area contributed by atoms with Crippen molar-refractivity contribution in [2.45, 2.75) is 123 Å². The Hall–Kier alpha value is -1.88. The standard InChI is InChI=1S/C27H44O5/c1-3-4-5-6-7-8-9-10-11-12-13-17-20-25(32-23(2)28)21-26(27(29)30)31-22-24-18-15-14-16-19-24/h14-16,18-19,25-26H,3-13,17,20-22H2,1-2H3,(H,29,30). The Balaban J connectivity index is 2.24. The lowest BCUT2D eigenvalue weighted by Crippen LogP contribution is -2.31. The van der Waals surface area contributed by atoms with E-state index in [9.17, 15) is 14.7 Å². The number of carbonyl (C=O) groups excluding carboxylic acids is 1. The number of benzene rings is 1. The zero-order chi connectivity index (χ0) is 23.4. The van der Waals surface area contributed by atoms with Gasteiger partial charge >= 0.3 is 11.9 Å². The number of esters is 1. The van der Waals surface area contributed by atoms with Gasteiger partial charge in [-0.15, -0.1) is 0 Å². The molecule has 0 aliphatic heterocycles. The molecular weight excluding hydrogens is 404 g/mol. The van der Waals surface area contributed by atoms with Crippen LogP contribution in [0.3, 0.4) is 0 Å². The zero-order valence-electron chi connectivity index (χ0n) is 20.2. The SMILES string of the molecule is CCCCCCCCCCCCCCC(CC(OCc1ccccc1)C(=O)O)OC(C)=O. The Labute approximate surface area is 194 Å². The van der Waals surface area contributed by atoms with Crippen LogP contribution in [-0.4, -0.2) is 29.3 Å². The maximum Gasteiger partial charge on any atom is 0.332 e. The van der Waals surface area contributed by atoms with E-state index < -0.39 is 18.2 Å². The molecule has 0 bridgehead atoms. The van der Waals surface area contributed by atoms with Crippen molar-refractivity contribution in [3.63, 3.8) is 0 Å². The van der Waals surface area contributed by atoms with Crippen molar-refractivity contribution in [2.24, 2.45) is 0 Å². The highest BCUT2D eigenvalue weighted by atomic mass is 16.5. The number of hydrogen-bond acceptors (Lipinski definition) is 4. The monoisotopic (exact) mass is 448 g/mol. The smallest absolute Gasteiger partial charge is 0.332 e. The first-order chi connectivity index (χ1) is 15.5. The van der Waals surface area contributed by atoms with E-state index >= 15 is 0 Å². The Kier molecular flexibility index (Phi) is 16.4. The van der Waals surface area contributed by atoms with Gasteiger partial charge in [-0.05, 0) is 18.4 Å². The number of hydrogen-bond donors (Lipinski definition) is 1. The number of unbranched alkanes of at least 4 members (excludes halogenated alkanes) is 11. The normalized spacial score (nSPS) is 12.9. The van der Waals surface area contributed by atoms with E-state index in [1.807, 2.05) is 30.3 Å². The maximum atomic E-state index is 11.7. The number of carboxylic acid groups (broad SMARTS) is 1. The number of aliphatic carboxylic acids is 1. The summed E-state index contributed by atoms with van der Waals surface area (Å²) in [6, 6.07) is 9.49. The molecule has 0 saturated carbocycles. The molecule has 32 heavy (non-hydrogen) atoms. The molecule has 0 spiro atoms. The van der Waals surface area contributed by atoms with Crippen LogP contribution < -0.4 is 0 Å². The molecule has 1 N–H and O–H groups in total. The van der Waals surface area contributed by atoms with Gasteiger partial charge < -0.3 is 14.6 Å². The van der Waals surface area contributed by atoms with Crippen LogP contribution in [0.1, 0.15) is 109 Å². The fourth-order valence-electron chi connectivity index (χ4n) is 3.92. The molecule has 182 valence electrons. The van der Waals surface area contributed by atoms with Crippen LogP contribution in [0.4, 0.5) is 0 Å². The van der Waals surface area contributed by atoms with Gasteiger partial charge in [0.25, 0.3) is 0 Å². The van der Waals surface area contributed by atoms with Gasteiger partial charge in [0.05, 0.1) is 6.61 Å². The van der Waals surface area contributed by atoms with Gasteiger partial charge in [-0.3, -0.25) is 4.79 Å². The van der Waals surface area contributed by atoms with E-state index in [0.717, 1.165) is 18.4 Å². The Morgan fingerprint density at radius 1 is 0.844 bits per heavy atom. The summed E-state index contributed by atoms with van der Waals surface area (Å²) < 4.78 is 11.0. The molecule has 2 unspecified atom stereocenters.